The molecule has 0 aliphatic rings. The number of carbonyl (C=O) groups excluding carboxylic acids is 1. The summed E-state index contributed by atoms with van der Waals surface area (Å²) in [5.74, 6) is -1.30. The second kappa shape index (κ2) is 6.20. The minimum Gasteiger partial charge on any atom is -0.479 e. The topological polar surface area (TPSA) is 95.9 Å². The van der Waals surface area contributed by atoms with Crippen LogP contribution in [-0.4, -0.2) is 41.0 Å². The summed E-state index contributed by atoms with van der Waals surface area (Å²) in [5.41, 5.74) is 0. The number of alkyl carbamates (subject to hydrolysis) is 1. The fraction of sp³-hybridized carbons (Fsp3) is 0.750. The number of aliphatic hydroxyl groups excluding tert-OH is 1. The van der Waals surface area contributed by atoms with Crippen LogP contribution < -0.4 is 5.32 Å². The molecule has 0 heterocycles. The summed E-state index contributed by atoms with van der Waals surface area (Å²) in [4.78, 5) is 21.0. The Hall–Kier alpha value is -1.30. The first-order chi connectivity index (χ1) is 6.43. The van der Waals surface area contributed by atoms with Gasteiger partial charge in [-0.3, -0.25) is 0 Å². The zero-order chi connectivity index (χ0) is 11.1. The van der Waals surface area contributed by atoms with Crippen molar-refractivity contribution < 1.29 is 24.5 Å². The molecule has 1 amide bonds. The van der Waals surface area contributed by atoms with Crippen molar-refractivity contribution in [3.63, 3.8) is 0 Å². The van der Waals surface area contributed by atoms with Gasteiger partial charge < -0.3 is 20.3 Å². The predicted octanol–water partition coefficient (Wildman–Crippen LogP) is -0.0434. The van der Waals surface area contributed by atoms with Gasteiger partial charge in [0.15, 0.2) is 6.10 Å². The summed E-state index contributed by atoms with van der Waals surface area (Å²) in [6.07, 6.45) is -2.32. The molecule has 0 aliphatic heterocycles. The lowest BCUT2D eigenvalue weighted by molar-refractivity contribution is -0.146. The van der Waals surface area contributed by atoms with Gasteiger partial charge in [0, 0.05) is 13.0 Å². The molecule has 0 radical (unpaired) electrons. The van der Waals surface area contributed by atoms with Crippen LogP contribution in [0, 0.1) is 0 Å². The van der Waals surface area contributed by atoms with E-state index in [0.29, 0.717) is 0 Å². The highest BCUT2D eigenvalue weighted by molar-refractivity contribution is 5.72. The Kier molecular flexibility index (Phi) is 5.62. The van der Waals surface area contributed by atoms with Crippen LogP contribution in [0.4, 0.5) is 4.79 Å². The van der Waals surface area contributed by atoms with Gasteiger partial charge in [0.1, 0.15) is 0 Å². The van der Waals surface area contributed by atoms with Gasteiger partial charge in [0.25, 0.3) is 0 Å². The Bertz CT molecular complexity index is 204. The molecular formula is C8H15NO5. The van der Waals surface area contributed by atoms with Gasteiger partial charge in [-0.25, -0.2) is 9.59 Å². The van der Waals surface area contributed by atoms with Gasteiger partial charge in [-0.05, 0) is 13.8 Å². The summed E-state index contributed by atoms with van der Waals surface area (Å²) in [6.45, 7) is 3.47. The van der Waals surface area contributed by atoms with Crippen LogP contribution in [0.1, 0.15) is 20.3 Å². The maximum absolute atomic E-state index is 10.8. The van der Waals surface area contributed by atoms with E-state index in [4.69, 9.17) is 14.9 Å². The summed E-state index contributed by atoms with van der Waals surface area (Å²) >= 11 is 0. The molecule has 3 N–H and O–H groups in total. The molecule has 6 nitrogen and oxygen atoms in total. The molecule has 0 rings (SSSR count). The van der Waals surface area contributed by atoms with Crippen LogP contribution >= 0.6 is 0 Å². The molecule has 0 fully saturated rings. The third-order valence-electron chi connectivity index (χ3n) is 1.31. The Morgan fingerprint density at radius 2 is 2.00 bits per heavy atom. The first-order valence-corrected chi connectivity index (χ1v) is 4.29. The largest absolute Gasteiger partial charge is 0.479 e. The van der Waals surface area contributed by atoms with Gasteiger partial charge in [-0.1, -0.05) is 0 Å². The summed E-state index contributed by atoms with van der Waals surface area (Å²) in [5, 5.41) is 19.4. The Labute approximate surface area is 81.9 Å². The minimum absolute atomic E-state index is 0.0392. The summed E-state index contributed by atoms with van der Waals surface area (Å²) in [6, 6.07) is 0. The van der Waals surface area contributed by atoms with Crippen LogP contribution in [0.5, 0.6) is 0 Å². The van der Waals surface area contributed by atoms with Crippen LogP contribution in [-0.2, 0) is 9.53 Å². The lowest BCUT2D eigenvalue weighted by Crippen LogP contribution is -2.31. The van der Waals surface area contributed by atoms with E-state index < -0.39 is 18.2 Å². The monoisotopic (exact) mass is 205 g/mol. The zero-order valence-corrected chi connectivity index (χ0v) is 8.19. The fourth-order valence-electron chi connectivity index (χ4n) is 0.690. The van der Waals surface area contributed by atoms with E-state index in [2.05, 4.69) is 5.32 Å². The fourth-order valence-corrected chi connectivity index (χ4v) is 0.690. The number of amides is 1. The van der Waals surface area contributed by atoms with Gasteiger partial charge in [0.05, 0.1) is 6.10 Å². The van der Waals surface area contributed by atoms with Crippen molar-refractivity contribution in [2.24, 2.45) is 0 Å². The number of hydrogen-bond donors (Lipinski definition) is 3. The van der Waals surface area contributed by atoms with Gasteiger partial charge >= 0.3 is 12.1 Å². The highest BCUT2D eigenvalue weighted by atomic mass is 16.6. The first kappa shape index (κ1) is 12.7. The number of hydrogen-bond acceptors (Lipinski definition) is 4. The minimum atomic E-state index is -1.45. The van der Waals surface area contributed by atoms with Gasteiger partial charge in [-0.2, -0.15) is 0 Å². The van der Waals surface area contributed by atoms with E-state index in [0.717, 1.165) is 0 Å². The van der Waals surface area contributed by atoms with Crippen LogP contribution in [0.3, 0.4) is 0 Å². The second-order valence-electron chi connectivity index (χ2n) is 3.02. The van der Waals surface area contributed by atoms with Crippen LogP contribution in [0.25, 0.3) is 0 Å². The number of carbonyl (C=O) groups is 2. The van der Waals surface area contributed by atoms with Gasteiger partial charge in [-0.15, -0.1) is 0 Å². The molecule has 0 saturated carbocycles. The maximum atomic E-state index is 10.8. The molecule has 0 aromatic heterocycles. The normalized spacial score (nSPS) is 12.3. The average molecular weight is 205 g/mol. The molecule has 14 heavy (non-hydrogen) atoms. The van der Waals surface area contributed by atoms with E-state index in [-0.39, 0.29) is 19.1 Å². The number of carboxylic acid groups (broad SMARTS) is 1. The molecule has 0 aromatic carbocycles. The number of rotatable bonds is 5. The Morgan fingerprint density at radius 3 is 2.43 bits per heavy atom. The van der Waals surface area contributed by atoms with E-state index in [1.54, 1.807) is 13.8 Å². The summed E-state index contributed by atoms with van der Waals surface area (Å²) in [7, 11) is 0. The smallest absolute Gasteiger partial charge is 0.407 e. The van der Waals surface area contributed by atoms with Crippen molar-refractivity contribution in [2.45, 2.75) is 32.5 Å². The van der Waals surface area contributed by atoms with Crippen molar-refractivity contribution in [1.29, 1.82) is 0 Å². The van der Waals surface area contributed by atoms with Crippen molar-refractivity contribution in [3.05, 3.63) is 0 Å². The highest BCUT2D eigenvalue weighted by Crippen LogP contribution is 1.91. The van der Waals surface area contributed by atoms with E-state index >= 15 is 0 Å². The molecule has 0 saturated heterocycles. The van der Waals surface area contributed by atoms with Crippen LogP contribution in [0.15, 0.2) is 0 Å². The van der Waals surface area contributed by atoms with Crippen molar-refractivity contribution in [3.8, 4) is 0 Å². The molecule has 0 bridgehead atoms. The SMILES string of the molecule is CC(C)OC(=O)NCC[C@H](O)C(=O)O. The molecule has 0 spiro atoms. The molecule has 0 aliphatic carbocycles. The second-order valence-corrected chi connectivity index (χ2v) is 3.02. The molecular weight excluding hydrogens is 190 g/mol. The number of carboxylic acids is 1. The first-order valence-electron chi connectivity index (χ1n) is 4.29. The molecule has 1 atom stereocenters. The number of aliphatic carboxylic acids is 1. The lowest BCUT2D eigenvalue weighted by Gasteiger charge is -2.10. The van der Waals surface area contributed by atoms with E-state index in [1.807, 2.05) is 0 Å². The van der Waals surface area contributed by atoms with Crippen molar-refractivity contribution in [1.82, 2.24) is 5.32 Å². The lowest BCUT2D eigenvalue weighted by atomic mass is 10.2. The number of nitrogens with one attached hydrogen (secondary N) is 1. The zero-order valence-electron chi connectivity index (χ0n) is 8.19. The number of ether oxygens (including phenoxy) is 1. The molecule has 0 unspecified atom stereocenters. The number of aliphatic hydroxyl groups is 1. The van der Waals surface area contributed by atoms with E-state index in [9.17, 15) is 9.59 Å². The molecule has 6 heteroatoms. The predicted molar refractivity (Wildman–Crippen MR) is 47.9 cm³/mol. The quantitative estimate of drug-likeness (QED) is 0.585. The third-order valence-corrected chi connectivity index (χ3v) is 1.31. The summed E-state index contributed by atoms with van der Waals surface area (Å²) < 4.78 is 4.71. The van der Waals surface area contributed by atoms with E-state index in [1.165, 1.54) is 0 Å². The van der Waals surface area contributed by atoms with Crippen LogP contribution in [0.2, 0.25) is 0 Å². The Morgan fingerprint density at radius 1 is 1.43 bits per heavy atom. The van der Waals surface area contributed by atoms with Crippen molar-refractivity contribution >= 4 is 12.1 Å². The third kappa shape index (κ3) is 6.24. The molecule has 0 aromatic rings. The van der Waals surface area contributed by atoms with Gasteiger partial charge in [0.2, 0.25) is 0 Å². The highest BCUT2D eigenvalue weighted by Gasteiger charge is 2.13. The Balaban J connectivity index is 3.54. The standard InChI is InChI=1S/C8H15NO5/c1-5(2)14-8(13)9-4-3-6(10)7(11)12/h5-6,10H,3-4H2,1-2H3,(H,9,13)(H,11,12)/t6-/m0/s1. The maximum Gasteiger partial charge on any atom is 0.407 e. The van der Waals surface area contributed by atoms with Crippen molar-refractivity contribution in [2.75, 3.05) is 6.54 Å². The average Bonchev–Trinajstić information content (AvgIpc) is 2.02. The molecule has 82 valence electrons.